The van der Waals surface area contributed by atoms with Crippen LogP contribution in [0, 0.1) is 0 Å². The van der Waals surface area contributed by atoms with E-state index in [0.29, 0.717) is 28.4 Å². The van der Waals surface area contributed by atoms with Crippen molar-refractivity contribution in [2.24, 2.45) is 0 Å². The van der Waals surface area contributed by atoms with E-state index in [1.54, 1.807) is 50.4 Å². The van der Waals surface area contributed by atoms with Crippen molar-refractivity contribution in [2.75, 3.05) is 12.8 Å². The van der Waals surface area contributed by atoms with Crippen LogP contribution in [0.2, 0.25) is 0 Å². The van der Waals surface area contributed by atoms with Gasteiger partial charge in [-0.1, -0.05) is 41.6 Å². The number of aromatic nitrogens is 3. The average molecular weight is 500 g/mol. The van der Waals surface area contributed by atoms with E-state index in [1.807, 2.05) is 31.3 Å². The molecular formula is C24H26ClN5O3S. The first-order valence-corrected chi connectivity index (χ1v) is 12.0. The highest BCUT2D eigenvalue weighted by Gasteiger charge is 2.20. The summed E-state index contributed by atoms with van der Waals surface area (Å²) in [6.45, 7) is 4.10. The molecule has 0 saturated heterocycles. The first-order chi connectivity index (χ1) is 15.8. The molecule has 0 saturated carbocycles. The smallest absolute Gasteiger partial charge is 0.189 e. The number of nitrogens with two attached hydrogens (primary N) is 1. The molecule has 3 N–H and O–H groups in total. The monoisotopic (exact) mass is 499 g/mol. The highest BCUT2D eigenvalue weighted by atomic mass is 35.5. The zero-order valence-electron chi connectivity index (χ0n) is 19.0. The fraction of sp³-hybridized carbons (Fsp3) is 0.208. The number of anilines is 1. The van der Waals surface area contributed by atoms with Gasteiger partial charge in [-0.15, -0.1) is 12.4 Å². The number of nitrogens with one attached hydrogen (secondary N) is 1. The summed E-state index contributed by atoms with van der Waals surface area (Å²) in [5.41, 5.74) is 10.4. The second kappa shape index (κ2) is 10.3. The normalized spacial score (nSPS) is 11.4. The summed E-state index contributed by atoms with van der Waals surface area (Å²) >= 11 is 0. The lowest BCUT2D eigenvalue weighted by atomic mass is 10.1. The lowest BCUT2D eigenvalue weighted by Gasteiger charge is -2.09. The maximum atomic E-state index is 12.4. The van der Waals surface area contributed by atoms with Crippen LogP contribution in [0.25, 0.3) is 34.0 Å². The molecule has 0 bridgehead atoms. The summed E-state index contributed by atoms with van der Waals surface area (Å²) in [7, 11) is -1.44. The molecule has 0 fully saturated rings. The van der Waals surface area contributed by atoms with E-state index in [2.05, 4.69) is 20.4 Å². The van der Waals surface area contributed by atoms with E-state index in [0.717, 1.165) is 12.1 Å². The molecule has 10 heteroatoms. The molecular weight excluding hydrogens is 474 g/mol. The number of hydrogen-bond donors (Lipinski definition) is 2. The van der Waals surface area contributed by atoms with Crippen molar-refractivity contribution in [3.63, 3.8) is 0 Å². The number of nitrogen functional groups attached to an aromatic ring is 1. The zero-order valence-corrected chi connectivity index (χ0v) is 20.7. The van der Waals surface area contributed by atoms with Crippen LogP contribution in [-0.2, 0) is 16.4 Å². The van der Waals surface area contributed by atoms with Gasteiger partial charge in [0, 0.05) is 23.7 Å². The Labute approximate surface area is 205 Å². The Balaban J connectivity index is 0.00000324. The molecule has 0 aliphatic heterocycles. The molecule has 2 aromatic carbocycles. The molecule has 8 nitrogen and oxygen atoms in total. The van der Waals surface area contributed by atoms with E-state index in [4.69, 9.17) is 10.3 Å². The number of hydrogen-bond acceptors (Lipinski definition) is 8. The molecule has 178 valence electrons. The van der Waals surface area contributed by atoms with Gasteiger partial charge in [0.2, 0.25) is 0 Å². The minimum absolute atomic E-state index is 0. The Morgan fingerprint density at radius 1 is 1.00 bits per heavy atom. The second-order valence-electron chi connectivity index (χ2n) is 7.91. The Morgan fingerprint density at radius 3 is 2.24 bits per heavy atom. The van der Waals surface area contributed by atoms with E-state index in [1.165, 1.54) is 5.56 Å². The van der Waals surface area contributed by atoms with Crippen molar-refractivity contribution in [1.82, 2.24) is 20.4 Å². The van der Waals surface area contributed by atoms with Crippen LogP contribution in [0.5, 0.6) is 0 Å². The van der Waals surface area contributed by atoms with Crippen LogP contribution in [0.3, 0.4) is 0 Å². The van der Waals surface area contributed by atoms with Crippen molar-refractivity contribution in [3.05, 3.63) is 66.4 Å². The molecule has 0 radical (unpaired) electrons. The minimum Gasteiger partial charge on any atom is -0.382 e. The average Bonchev–Trinajstić information content (AvgIpc) is 3.30. The van der Waals surface area contributed by atoms with Gasteiger partial charge in [-0.25, -0.2) is 18.4 Å². The first-order valence-electron chi connectivity index (χ1n) is 10.5. The van der Waals surface area contributed by atoms with E-state index < -0.39 is 15.1 Å². The standard InChI is InChI=1S/C24H25N5O3S.ClH/c1-15(2)33(30,31)19-10-8-18(9-11-19)21-14-27-24(25)23(28-21)22-12-20(29-32-22)17-6-4-16(5-7-17)13-26-3;/h4-12,14-15,26H,13H2,1-3H3,(H2,25,27);1H. The van der Waals surface area contributed by atoms with Gasteiger partial charge in [-0.05, 0) is 38.6 Å². The number of nitrogens with zero attached hydrogens (tertiary/aromatic N) is 3. The van der Waals surface area contributed by atoms with Gasteiger partial charge < -0.3 is 15.6 Å². The van der Waals surface area contributed by atoms with Gasteiger partial charge >= 0.3 is 0 Å². The third-order valence-electron chi connectivity index (χ3n) is 5.27. The van der Waals surface area contributed by atoms with Crippen molar-refractivity contribution in [2.45, 2.75) is 30.5 Å². The van der Waals surface area contributed by atoms with Gasteiger partial charge in [-0.2, -0.15) is 0 Å². The summed E-state index contributed by atoms with van der Waals surface area (Å²) in [6.07, 6.45) is 1.54. The van der Waals surface area contributed by atoms with Crippen molar-refractivity contribution < 1.29 is 12.9 Å². The Hall–Kier alpha value is -3.27. The molecule has 0 spiro atoms. The number of sulfone groups is 1. The Kier molecular flexibility index (Phi) is 7.71. The van der Waals surface area contributed by atoms with Crippen molar-refractivity contribution >= 4 is 28.1 Å². The molecule has 0 atom stereocenters. The molecule has 0 aliphatic carbocycles. The second-order valence-corrected chi connectivity index (χ2v) is 10.4. The van der Waals surface area contributed by atoms with Crippen LogP contribution < -0.4 is 11.1 Å². The maximum Gasteiger partial charge on any atom is 0.189 e. The van der Waals surface area contributed by atoms with E-state index >= 15 is 0 Å². The van der Waals surface area contributed by atoms with Crippen molar-refractivity contribution in [1.29, 1.82) is 0 Å². The van der Waals surface area contributed by atoms with Gasteiger partial charge in [-0.3, -0.25) is 0 Å². The summed E-state index contributed by atoms with van der Waals surface area (Å²) in [6, 6.07) is 16.3. The van der Waals surface area contributed by atoms with Gasteiger partial charge in [0.05, 0.1) is 22.0 Å². The van der Waals surface area contributed by atoms with Crippen LogP contribution in [0.1, 0.15) is 19.4 Å². The first kappa shape index (κ1) is 25.4. The van der Waals surface area contributed by atoms with Gasteiger partial charge in [0.1, 0.15) is 5.69 Å². The summed E-state index contributed by atoms with van der Waals surface area (Å²) in [4.78, 5) is 9.12. The van der Waals surface area contributed by atoms with E-state index in [-0.39, 0.29) is 23.1 Å². The fourth-order valence-electron chi connectivity index (χ4n) is 3.33. The molecule has 2 heterocycles. The lowest BCUT2D eigenvalue weighted by molar-refractivity contribution is 0.434. The fourth-order valence-corrected chi connectivity index (χ4v) is 4.39. The highest BCUT2D eigenvalue weighted by Crippen LogP contribution is 2.30. The van der Waals surface area contributed by atoms with Crippen LogP contribution in [0.4, 0.5) is 5.82 Å². The minimum atomic E-state index is -3.35. The molecule has 0 amide bonds. The molecule has 2 aromatic heterocycles. The van der Waals surface area contributed by atoms with Gasteiger partial charge in [0.25, 0.3) is 0 Å². The predicted molar refractivity (Wildman–Crippen MR) is 135 cm³/mol. The largest absolute Gasteiger partial charge is 0.382 e. The summed E-state index contributed by atoms with van der Waals surface area (Å²) in [5, 5.41) is 6.78. The highest BCUT2D eigenvalue weighted by molar-refractivity contribution is 7.92. The molecule has 4 rings (SSSR count). The third-order valence-corrected chi connectivity index (χ3v) is 7.44. The number of halogens is 1. The zero-order chi connectivity index (χ0) is 23.6. The van der Waals surface area contributed by atoms with Crippen LogP contribution >= 0.6 is 12.4 Å². The quantitative estimate of drug-likeness (QED) is 0.384. The summed E-state index contributed by atoms with van der Waals surface area (Å²) in [5.74, 6) is 0.611. The Bertz CT molecular complexity index is 1370. The Morgan fingerprint density at radius 2 is 1.62 bits per heavy atom. The van der Waals surface area contributed by atoms with Crippen molar-refractivity contribution in [3.8, 4) is 34.0 Å². The maximum absolute atomic E-state index is 12.4. The SMILES string of the molecule is CNCc1ccc(-c2cc(-c3nc(-c4ccc(S(=O)(=O)C(C)C)cc4)cnc3N)on2)cc1.Cl. The topological polar surface area (TPSA) is 124 Å². The van der Waals surface area contributed by atoms with Crippen LogP contribution in [0.15, 0.2) is 70.2 Å². The molecule has 34 heavy (non-hydrogen) atoms. The van der Waals surface area contributed by atoms with E-state index in [9.17, 15) is 8.42 Å². The molecule has 4 aromatic rings. The summed E-state index contributed by atoms with van der Waals surface area (Å²) < 4.78 is 30.3. The molecule has 0 aliphatic rings. The lowest BCUT2D eigenvalue weighted by Crippen LogP contribution is -2.13. The number of rotatable bonds is 7. The van der Waals surface area contributed by atoms with Crippen LogP contribution in [-0.4, -0.2) is 35.8 Å². The number of benzene rings is 2. The third kappa shape index (κ3) is 5.11. The van der Waals surface area contributed by atoms with Gasteiger partial charge in [0.15, 0.2) is 27.1 Å². The predicted octanol–water partition coefficient (Wildman–Crippen LogP) is 4.37. The molecule has 0 unspecified atom stereocenters.